The smallest absolute Gasteiger partial charge is 0.206 e. The van der Waals surface area contributed by atoms with Gasteiger partial charge in [0, 0.05) is 6.54 Å². The zero-order valence-corrected chi connectivity index (χ0v) is 22.2. The van der Waals surface area contributed by atoms with E-state index in [4.69, 9.17) is 14.5 Å². The molecule has 1 fully saturated rings. The van der Waals surface area contributed by atoms with Gasteiger partial charge in [0.25, 0.3) is 0 Å². The molecule has 1 saturated heterocycles. The first-order valence-electron chi connectivity index (χ1n) is 13.0. The number of hydrogen-bond donors (Lipinski definition) is 4. The van der Waals surface area contributed by atoms with Crippen LogP contribution in [0.4, 0.5) is 5.95 Å². The zero-order valence-electron chi connectivity index (χ0n) is 22.2. The average Bonchev–Trinajstić information content (AvgIpc) is 3.35. The van der Waals surface area contributed by atoms with Crippen LogP contribution in [-0.2, 0) is 17.7 Å². The minimum atomic E-state index is -1.62. The van der Waals surface area contributed by atoms with Crippen LogP contribution in [0.25, 0.3) is 11.0 Å². The van der Waals surface area contributed by atoms with Crippen LogP contribution in [0.5, 0.6) is 5.75 Å². The first kappa shape index (κ1) is 27.3. The van der Waals surface area contributed by atoms with Crippen LogP contribution < -0.4 is 10.1 Å². The quantitative estimate of drug-likeness (QED) is 0.274. The third kappa shape index (κ3) is 5.91. The van der Waals surface area contributed by atoms with Gasteiger partial charge in [-0.3, -0.25) is 4.57 Å². The number of nitrogens with zero attached hydrogens (tertiary/aromatic N) is 3. The van der Waals surface area contributed by atoms with E-state index in [1.807, 2.05) is 24.3 Å². The highest BCUT2D eigenvalue weighted by molar-refractivity contribution is 5.79. The van der Waals surface area contributed by atoms with Gasteiger partial charge in [0.05, 0.1) is 24.2 Å². The summed E-state index contributed by atoms with van der Waals surface area (Å²) in [6, 6.07) is 13.8. The monoisotopic (exact) mass is 512 g/mol. The number of unbranched alkanes of at least 4 members (excludes halogenated alkanes) is 1. The third-order valence-electron chi connectivity index (χ3n) is 6.99. The number of hydrogen-bond acceptors (Lipinski definition) is 8. The van der Waals surface area contributed by atoms with Crippen molar-refractivity contribution < 1.29 is 24.8 Å². The molecule has 2 heterocycles. The highest BCUT2D eigenvalue weighted by Crippen LogP contribution is 2.41. The number of aryl methyl sites for hydroxylation is 1. The number of fused-ring (bicyclic) bond motifs is 1. The summed E-state index contributed by atoms with van der Waals surface area (Å²) in [6.45, 7) is 5.44. The fourth-order valence-corrected chi connectivity index (χ4v) is 4.80. The lowest BCUT2D eigenvalue weighted by molar-refractivity contribution is -0.0939. The van der Waals surface area contributed by atoms with Crippen LogP contribution in [0.1, 0.15) is 44.0 Å². The molecule has 1 aliphatic heterocycles. The minimum absolute atomic E-state index is 0.398. The van der Waals surface area contributed by atoms with Gasteiger partial charge >= 0.3 is 0 Å². The zero-order chi connectivity index (χ0) is 26.6. The van der Waals surface area contributed by atoms with Gasteiger partial charge in [-0.15, -0.1) is 0 Å². The van der Waals surface area contributed by atoms with E-state index in [0.717, 1.165) is 48.2 Å². The lowest BCUT2D eigenvalue weighted by atomic mass is 9.96. The van der Waals surface area contributed by atoms with Gasteiger partial charge in [-0.05, 0) is 76.2 Å². The first-order chi connectivity index (χ1) is 17.8. The number of aliphatic hydroxyl groups is 3. The Kier molecular flexibility index (Phi) is 8.71. The molecular weight excluding hydrogens is 472 g/mol. The van der Waals surface area contributed by atoms with E-state index in [0.29, 0.717) is 19.1 Å². The average molecular weight is 513 g/mol. The maximum Gasteiger partial charge on any atom is 0.206 e. The molecule has 3 aromatic rings. The van der Waals surface area contributed by atoms with Crippen LogP contribution in [0.3, 0.4) is 0 Å². The Bertz CT molecular complexity index is 1180. The molecule has 37 heavy (non-hydrogen) atoms. The van der Waals surface area contributed by atoms with E-state index >= 15 is 0 Å². The number of nitrogens with one attached hydrogen (secondary N) is 1. The molecule has 4 atom stereocenters. The Hall–Kier alpha value is -2.69. The summed E-state index contributed by atoms with van der Waals surface area (Å²) in [5.41, 5.74) is 2.07. The highest BCUT2D eigenvalue weighted by atomic mass is 16.6. The summed E-state index contributed by atoms with van der Waals surface area (Å²) in [5, 5.41) is 34.7. The SMILES string of the molecule is CCc1ccc(CNc2nc3ccccc3n2C2OC(CO)C(O)C2(C)O)cc1OCCCCN(C)C. The maximum absolute atomic E-state index is 11.1. The molecule has 2 aromatic carbocycles. The molecule has 0 radical (unpaired) electrons. The molecule has 9 heteroatoms. The van der Waals surface area contributed by atoms with E-state index < -0.39 is 30.6 Å². The molecule has 4 rings (SSSR count). The van der Waals surface area contributed by atoms with Crippen molar-refractivity contribution in [1.29, 1.82) is 0 Å². The fraction of sp³-hybridized carbons (Fsp3) is 0.536. The van der Waals surface area contributed by atoms with E-state index in [2.05, 4.69) is 49.4 Å². The topological polar surface area (TPSA) is 112 Å². The second kappa shape index (κ2) is 11.8. The van der Waals surface area contributed by atoms with Crippen molar-refractivity contribution in [2.45, 2.75) is 63.7 Å². The Morgan fingerprint density at radius 2 is 1.97 bits per heavy atom. The number of aliphatic hydroxyl groups excluding tert-OH is 2. The summed E-state index contributed by atoms with van der Waals surface area (Å²) in [4.78, 5) is 6.91. The van der Waals surface area contributed by atoms with Crippen LogP contribution in [-0.4, -0.2) is 81.4 Å². The number of imidazole rings is 1. The summed E-state index contributed by atoms with van der Waals surface area (Å²) >= 11 is 0. The van der Waals surface area contributed by atoms with Gasteiger partial charge in [-0.25, -0.2) is 4.98 Å². The van der Waals surface area contributed by atoms with E-state index in [-0.39, 0.29) is 0 Å². The van der Waals surface area contributed by atoms with E-state index in [1.165, 1.54) is 12.5 Å². The molecule has 0 spiro atoms. The summed E-state index contributed by atoms with van der Waals surface area (Å²) in [7, 11) is 4.15. The predicted molar refractivity (Wildman–Crippen MR) is 144 cm³/mol. The molecule has 202 valence electrons. The van der Waals surface area contributed by atoms with Crippen molar-refractivity contribution >= 4 is 17.0 Å². The molecule has 4 unspecified atom stereocenters. The van der Waals surface area contributed by atoms with Gasteiger partial charge in [0.15, 0.2) is 6.23 Å². The molecule has 0 bridgehead atoms. The second-order valence-electron chi connectivity index (χ2n) is 10.2. The third-order valence-corrected chi connectivity index (χ3v) is 6.99. The van der Waals surface area contributed by atoms with Gasteiger partial charge < -0.3 is 35.0 Å². The molecule has 1 aromatic heterocycles. The standard InChI is InChI=1S/C28H40N4O5/c1-5-20-13-12-19(16-23(20)36-15-9-8-14-31(3)4)17-29-27-30-21-10-6-7-11-22(21)32(27)26-28(2,35)25(34)24(18-33)37-26/h6-7,10-13,16,24-26,33-35H,5,8-9,14-15,17-18H2,1-4H3,(H,29,30). The Morgan fingerprint density at radius 3 is 2.68 bits per heavy atom. The molecule has 1 aliphatic rings. The van der Waals surface area contributed by atoms with Gasteiger partial charge in [-0.1, -0.05) is 31.2 Å². The lowest BCUT2D eigenvalue weighted by Gasteiger charge is -2.29. The van der Waals surface area contributed by atoms with E-state index in [9.17, 15) is 15.3 Å². The minimum Gasteiger partial charge on any atom is -0.493 e. The normalized spacial score (nSPS) is 23.7. The lowest BCUT2D eigenvalue weighted by Crippen LogP contribution is -2.44. The van der Waals surface area contributed by atoms with Gasteiger partial charge in [0.2, 0.25) is 5.95 Å². The van der Waals surface area contributed by atoms with Crippen molar-refractivity contribution in [2.24, 2.45) is 0 Å². The number of anilines is 1. The molecule has 0 aliphatic carbocycles. The highest BCUT2D eigenvalue weighted by Gasteiger charge is 2.53. The number of para-hydroxylation sites is 2. The number of benzene rings is 2. The predicted octanol–water partition coefficient (Wildman–Crippen LogP) is 2.93. The van der Waals surface area contributed by atoms with Crippen LogP contribution in [0.15, 0.2) is 42.5 Å². The Labute approximate surface area is 218 Å². The Balaban J connectivity index is 1.54. The molecule has 4 N–H and O–H groups in total. The van der Waals surface area contributed by atoms with E-state index in [1.54, 1.807) is 4.57 Å². The fourth-order valence-electron chi connectivity index (χ4n) is 4.80. The van der Waals surface area contributed by atoms with Crippen LogP contribution in [0, 0.1) is 0 Å². The van der Waals surface area contributed by atoms with Crippen LogP contribution >= 0.6 is 0 Å². The molecule has 0 saturated carbocycles. The van der Waals surface area contributed by atoms with Gasteiger partial charge in [0.1, 0.15) is 23.6 Å². The Morgan fingerprint density at radius 1 is 1.19 bits per heavy atom. The first-order valence-corrected chi connectivity index (χ1v) is 13.0. The van der Waals surface area contributed by atoms with Crippen molar-refractivity contribution in [3.63, 3.8) is 0 Å². The van der Waals surface area contributed by atoms with Crippen molar-refractivity contribution in [3.05, 3.63) is 53.6 Å². The van der Waals surface area contributed by atoms with Crippen molar-refractivity contribution in [2.75, 3.05) is 39.2 Å². The molecular formula is C28H40N4O5. The molecule has 9 nitrogen and oxygen atoms in total. The number of ether oxygens (including phenoxy) is 2. The maximum atomic E-state index is 11.1. The number of aromatic nitrogens is 2. The van der Waals surface area contributed by atoms with Crippen LogP contribution in [0.2, 0.25) is 0 Å². The van der Waals surface area contributed by atoms with Crippen molar-refractivity contribution in [3.8, 4) is 5.75 Å². The second-order valence-corrected chi connectivity index (χ2v) is 10.2. The number of rotatable bonds is 12. The van der Waals surface area contributed by atoms with Crippen molar-refractivity contribution in [1.82, 2.24) is 14.5 Å². The summed E-state index contributed by atoms with van der Waals surface area (Å²) in [6.07, 6.45) is -0.0961. The van der Waals surface area contributed by atoms with Gasteiger partial charge in [-0.2, -0.15) is 0 Å². The summed E-state index contributed by atoms with van der Waals surface area (Å²) < 4.78 is 13.8. The largest absolute Gasteiger partial charge is 0.493 e. The molecule has 0 amide bonds. The summed E-state index contributed by atoms with van der Waals surface area (Å²) in [5.74, 6) is 1.40.